The molecule has 1 aliphatic rings. The van der Waals surface area contributed by atoms with Gasteiger partial charge in [0.25, 0.3) is 0 Å². The summed E-state index contributed by atoms with van der Waals surface area (Å²) >= 11 is 5.99. The van der Waals surface area contributed by atoms with Crippen LogP contribution in [-0.4, -0.2) is 26.9 Å². The fourth-order valence-electron chi connectivity index (χ4n) is 2.75. The van der Waals surface area contributed by atoms with Crippen molar-refractivity contribution in [2.24, 2.45) is 0 Å². The number of benzene rings is 2. The molecule has 1 aliphatic heterocycles. The highest BCUT2D eigenvalue weighted by molar-refractivity contribution is 7.88. The fraction of sp³-hybridized carbons (Fsp3) is 0.235. The summed E-state index contributed by atoms with van der Waals surface area (Å²) in [5.74, 6) is -1.05. The van der Waals surface area contributed by atoms with E-state index in [0.29, 0.717) is 29.2 Å². The second-order valence-electron chi connectivity index (χ2n) is 5.78. The van der Waals surface area contributed by atoms with Crippen molar-refractivity contribution in [2.45, 2.75) is 18.2 Å². The van der Waals surface area contributed by atoms with E-state index in [1.54, 1.807) is 24.3 Å². The van der Waals surface area contributed by atoms with Crippen molar-refractivity contribution in [1.29, 1.82) is 0 Å². The minimum Gasteiger partial charge on any atom is -0.311 e. The van der Waals surface area contributed by atoms with Crippen molar-refractivity contribution in [3.8, 4) is 0 Å². The zero-order valence-corrected chi connectivity index (χ0v) is 14.7. The van der Waals surface area contributed by atoms with E-state index in [9.17, 15) is 17.6 Å². The number of sulfonamides is 1. The molecule has 8 heteroatoms. The number of halogens is 2. The summed E-state index contributed by atoms with van der Waals surface area (Å²) in [7, 11) is -3.73. The van der Waals surface area contributed by atoms with E-state index in [1.165, 1.54) is 29.2 Å². The van der Waals surface area contributed by atoms with Gasteiger partial charge in [0.15, 0.2) is 0 Å². The molecule has 1 atom stereocenters. The zero-order valence-electron chi connectivity index (χ0n) is 13.2. The molecule has 0 radical (unpaired) electrons. The Morgan fingerprint density at radius 3 is 2.52 bits per heavy atom. The first kappa shape index (κ1) is 17.8. The molecule has 0 bridgehead atoms. The van der Waals surface area contributed by atoms with Crippen LogP contribution in [0, 0.1) is 5.82 Å². The van der Waals surface area contributed by atoms with Crippen LogP contribution >= 0.6 is 11.6 Å². The smallest absolute Gasteiger partial charge is 0.245 e. The number of amides is 1. The lowest BCUT2D eigenvalue weighted by molar-refractivity contribution is -0.118. The summed E-state index contributed by atoms with van der Waals surface area (Å²) in [6.45, 7) is 0.365. The average molecular weight is 383 g/mol. The molecule has 0 unspecified atom stereocenters. The van der Waals surface area contributed by atoms with Crippen LogP contribution in [0.15, 0.2) is 48.5 Å². The second-order valence-corrected chi connectivity index (χ2v) is 7.94. The van der Waals surface area contributed by atoms with Crippen LogP contribution in [0.5, 0.6) is 0 Å². The number of carbonyl (C=O) groups excluding carboxylic acids is 1. The lowest BCUT2D eigenvalue weighted by atomic mass is 10.2. The Hall–Kier alpha value is -1.96. The van der Waals surface area contributed by atoms with Crippen molar-refractivity contribution >= 4 is 33.2 Å². The summed E-state index contributed by atoms with van der Waals surface area (Å²) in [5.41, 5.74) is 1.01. The molecule has 3 rings (SSSR count). The number of nitrogens with zero attached hydrogens (tertiary/aromatic N) is 1. The lowest BCUT2D eigenvalue weighted by Gasteiger charge is -2.17. The minimum atomic E-state index is -3.73. The predicted molar refractivity (Wildman–Crippen MR) is 94.4 cm³/mol. The molecule has 0 aromatic heterocycles. The Labute approximate surface area is 150 Å². The molecule has 0 spiro atoms. The van der Waals surface area contributed by atoms with Crippen molar-refractivity contribution < 1.29 is 17.6 Å². The van der Waals surface area contributed by atoms with Gasteiger partial charge in [-0.3, -0.25) is 4.79 Å². The van der Waals surface area contributed by atoms with Crippen molar-refractivity contribution in [3.05, 3.63) is 64.9 Å². The van der Waals surface area contributed by atoms with Crippen molar-refractivity contribution in [2.75, 3.05) is 11.4 Å². The molecule has 5 nitrogen and oxygen atoms in total. The number of rotatable bonds is 5. The first-order valence-corrected chi connectivity index (χ1v) is 9.69. The van der Waals surface area contributed by atoms with E-state index in [-0.39, 0.29) is 11.7 Å². The number of hydrogen-bond acceptors (Lipinski definition) is 3. The van der Waals surface area contributed by atoms with Crippen LogP contribution in [0.25, 0.3) is 0 Å². The van der Waals surface area contributed by atoms with E-state index >= 15 is 0 Å². The molecule has 132 valence electrons. The zero-order chi connectivity index (χ0) is 18.0. The van der Waals surface area contributed by atoms with Gasteiger partial charge in [-0.1, -0.05) is 29.8 Å². The molecule has 0 aliphatic carbocycles. The van der Waals surface area contributed by atoms with Crippen LogP contribution in [0.2, 0.25) is 5.02 Å². The number of hydrogen-bond donors (Lipinski definition) is 1. The van der Waals surface area contributed by atoms with Gasteiger partial charge in [0.05, 0.1) is 5.75 Å². The fourth-order valence-corrected chi connectivity index (χ4v) is 4.42. The van der Waals surface area contributed by atoms with Gasteiger partial charge in [-0.25, -0.2) is 17.5 Å². The van der Waals surface area contributed by atoms with Crippen LogP contribution in [0.1, 0.15) is 12.0 Å². The number of carbonyl (C=O) groups is 1. The van der Waals surface area contributed by atoms with Gasteiger partial charge >= 0.3 is 0 Å². The highest BCUT2D eigenvalue weighted by Gasteiger charge is 2.35. The van der Waals surface area contributed by atoms with E-state index in [4.69, 9.17) is 11.6 Å². The molecule has 1 heterocycles. The summed E-state index contributed by atoms with van der Waals surface area (Å²) in [6, 6.07) is 11.3. The van der Waals surface area contributed by atoms with E-state index < -0.39 is 21.9 Å². The maximum absolute atomic E-state index is 13.0. The van der Waals surface area contributed by atoms with Gasteiger partial charge in [-0.2, -0.15) is 0 Å². The third-order valence-electron chi connectivity index (χ3n) is 3.97. The molecule has 1 N–H and O–H groups in total. The first-order valence-electron chi connectivity index (χ1n) is 7.66. The van der Waals surface area contributed by atoms with Crippen LogP contribution in [0.4, 0.5) is 10.1 Å². The first-order chi connectivity index (χ1) is 11.9. The number of nitrogens with one attached hydrogen (secondary N) is 1. The average Bonchev–Trinajstić information content (AvgIpc) is 2.91. The van der Waals surface area contributed by atoms with Crippen LogP contribution in [-0.2, 0) is 20.6 Å². The molecule has 0 saturated carbocycles. The summed E-state index contributed by atoms with van der Waals surface area (Å²) < 4.78 is 40.1. The van der Waals surface area contributed by atoms with Crippen molar-refractivity contribution in [3.63, 3.8) is 0 Å². The lowest BCUT2D eigenvalue weighted by Crippen LogP contribution is -2.42. The molecule has 25 heavy (non-hydrogen) atoms. The topological polar surface area (TPSA) is 66.5 Å². The van der Waals surface area contributed by atoms with Gasteiger partial charge in [0, 0.05) is 17.3 Å². The Balaban J connectivity index is 1.70. The SMILES string of the molecule is O=C1[C@H](NS(=O)(=O)Cc2ccccc2Cl)CCN1c1ccc(F)cc1. The minimum absolute atomic E-state index is 0.299. The molecular weight excluding hydrogens is 367 g/mol. The molecule has 2 aromatic carbocycles. The maximum Gasteiger partial charge on any atom is 0.245 e. The quantitative estimate of drug-likeness (QED) is 0.864. The van der Waals surface area contributed by atoms with Crippen LogP contribution in [0.3, 0.4) is 0 Å². The summed E-state index contributed by atoms with van der Waals surface area (Å²) in [6.07, 6.45) is 0.345. The maximum atomic E-state index is 13.0. The van der Waals surface area contributed by atoms with Gasteiger partial charge in [0.1, 0.15) is 11.9 Å². The van der Waals surface area contributed by atoms with Gasteiger partial charge in [-0.15, -0.1) is 0 Å². The third kappa shape index (κ3) is 4.18. The van der Waals surface area contributed by atoms with E-state index in [1.807, 2.05) is 0 Å². The largest absolute Gasteiger partial charge is 0.311 e. The van der Waals surface area contributed by atoms with E-state index in [2.05, 4.69) is 4.72 Å². The second kappa shape index (κ2) is 7.11. The van der Waals surface area contributed by atoms with Crippen LogP contribution < -0.4 is 9.62 Å². The Bertz CT molecular complexity index is 887. The molecule has 1 amide bonds. The molecule has 1 saturated heterocycles. The number of anilines is 1. The monoisotopic (exact) mass is 382 g/mol. The predicted octanol–water partition coefficient (Wildman–Crippen LogP) is 2.70. The highest BCUT2D eigenvalue weighted by atomic mass is 35.5. The Kier molecular flexibility index (Phi) is 5.08. The Morgan fingerprint density at radius 1 is 1.16 bits per heavy atom. The summed E-state index contributed by atoms with van der Waals surface area (Å²) in [4.78, 5) is 13.9. The molecule has 2 aromatic rings. The van der Waals surface area contributed by atoms with E-state index in [0.717, 1.165) is 0 Å². The standard InChI is InChI=1S/C17H16ClFN2O3S/c18-15-4-2-1-3-12(15)11-25(23,24)20-16-9-10-21(17(16)22)14-7-5-13(19)6-8-14/h1-8,16,20H,9-11H2/t16-/m1/s1. The molecule has 1 fully saturated rings. The highest BCUT2D eigenvalue weighted by Crippen LogP contribution is 2.23. The van der Waals surface area contributed by atoms with Crippen molar-refractivity contribution in [1.82, 2.24) is 4.72 Å². The normalized spacial score (nSPS) is 17.9. The summed E-state index contributed by atoms with van der Waals surface area (Å²) in [5, 5.41) is 0.360. The van der Waals surface area contributed by atoms with Gasteiger partial charge < -0.3 is 4.90 Å². The van der Waals surface area contributed by atoms with Gasteiger partial charge in [0.2, 0.25) is 15.9 Å². The third-order valence-corrected chi connectivity index (χ3v) is 5.67. The Morgan fingerprint density at radius 2 is 1.84 bits per heavy atom. The van der Waals surface area contributed by atoms with Gasteiger partial charge in [-0.05, 0) is 42.3 Å². The molecular formula is C17H16ClFN2O3S.